The van der Waals surface area contributed by atoms with E-state index in [0.29, 0.717) is 31.1 Å². The first-order valence-electron chi connectivity index (χ1n) is 7.82. The van der Waals surface area contributed by atoms with Gasteiger partial charge in [-0.05, 0) is 30.2 Å². The number of rotatable bonds is 6. The van der Waals surface area contributed by atoms with Crippen molar-refractivity contribution in [2.24, 2.45) is 5.73 Å². The van der Waals surface area contributed by atoms with Gasteiger partial charge in [0.15, 0.2) is 11.6 Å². The van der Waals surface area contributed by atoms with Crippen LogP contribution in [0.1, 0.15) is 15.2 Å². The zero-order valence-electron chi connectivity index (χ0n) is 13.7. The topological polar surface area (TPSA) is 83.8 Å². The summed E-state index contributed by atoms with van der Waals surface area (Å²) in [5.41, 5.74) is 7.42. The molecule has 0 bridgehead atoms. The molecule has 27 heavy (non-hydrogen) atoms. The van der Waals surface area contributed by atoms with Gasteiger partial charge in [-0.3, -0.25) is 9.89 Å². The van der Waals surface area contributed by atoms with Crippen LogP contribution in [0.25, 0.3) is 11.1 Å². The number of H-pyrrole nitrogens is 1. The summed E-state index contributed by atoms with van der Waals surface area (Å²) in [6.45, 7) is 0.129. The molecule has 1 amide bonds. The zero-order chi connectivity index (χ0) is 19.6. The van der Waals surface area contributed by atoms with Gasteiger partial charge in [-0.25, -0.2) is 8.78 Å². The normalized spacial score (nSPS) is 12.2. The molecule has 1 atom stereocenters. The number of nitrogens with two attached hydrogens (primary N) is 1. The van der Waals surface area contributed by atoms with Crippen molar-refractivity contribution in [3.05, 3.63) is 62.0 Å². The summed E-state index contributed by atoms with van der Waals surface area (Å²) in [5.74, 6) is -2.24. The Morgan fingerprint density at radius 3 is 2.67 bits per heavy atom. The van der Waals surface area contributed by atoms with Crippen LogP contribution in [0.2, 0.25) is 9.49 Å². The van der Waals surface area contributed by atoms with Gasteiger partial charge in [0.25, 0.3) is 5.91 Å². The number of nitrogens with one attached hydrogen (secondary N) is 2. The van der Waals surface area contributed by atoms with E-state index in [1.54, 1.807) is 6.07 Å². The highest BCUT2D eigenvalue weighted by Gasteiger charge is 2.20. The third-order valence-electron chi connectivity index (χ3n) is 3.88. The highest BCUT2D eigenvalue weighted by molar-refractivity contribution is 7.18. The van der Waals surface area contributed by atoms with Gasteiger partial charge < -0.3 is 11.1 Å². The van der Waals surface area contributed by atoms with Gasteiger partial charge in [0.05, 0.1) is 11.1 Å². The Kier molecular flexibility index (Phi) is 6.11. The number of carbonyl (C=O) groups excluding carboxylic acids is 1. The molecule has 10 heteroatoms. The molecule has 0 fully saturated rings. The van der Waals surface area contributed by atoms with E-state index in [2.05, 4.69) is 15.5 Å². The number of thiophene rings is 1. The molecule has 2 aromatic heterocycles. The van der Waals surface area contributed by atoms with Gasteiger partial charge in [-0.15, -0.1) is 11.3 Å². The second-order valence-corrected chi connectivity index (χ2v) is 7.79. The number of nitrogens with zero attached hydrogens (tertiary/aromatic N) is 1. The monoisotopic (exact) mass is 430 g/mol. The Hall–Kier alpha value is -2.00. The fourth-order valence-corrected chi connectivity index (χ4v) is 3.93. The van der Waals surface area contributed by atoms with Crippen LogP contribution >= 0.6 is 34.5 Å². The van der Waals surface area contributed by atoms with E-state index in [-0.39, 0.29) is 18.9 Å². The average Bonchev–Trinajstić information content (AvgIpc) is 3.22. The summed E-state index contributed by atoms with van der Waals surface area (Å²) >= 11 is 13.3. The predicted octanol–water partition coefficient (Wildman–Crippen LogP) is 4.02. The number of aromatic nitrogens is 2. The Labute approximate surface area is 167 Å². The molecule has 142 valence electrons. The van der Waals surface area contributed by atoms with E-state index >= 15 is 0 Å². The number of aromatic amines is 1. The van der Waals surface area contributed by atoms with Crippen molar-refractivity contribution in [1.29, 1.82) is 0 Å². The quantitative estimate of drug-likeness (QED) is 0.551. The number of hydrogen-bond acceptors (Lipinski definition) is 4. The Balaban J connectivity index is 1.73. The summed E-state index contributed by atoms with van der Waals surface area (Å²) in [7, 11) is 0. The Morgan fingerprint density at radius 2 is 2.04 bits per heavy atom. The molecule has 3 rings (SSSR count). The molecule has 0 spiro atoms. The standard InChI is InChI=1S/C17H14Cl2F2N4OS/c18-15-11(7-23-25-15)10-5-14(27-16(10)19)17(26)24-9(6-22)3-8-1-2-12(20)13(21)4-8/h1-2,4-5,7,9H,3,6,22H2,(H,23,25)(H,24,26)/t9-/m0/s1. The first-order chi connectivity index (χ1) is 12.9. The molecule has 0 aliphatic rings. The summed E-state index contributed by atoms with van der Waals surface area (Å²) in [5, 5.41) is 9.53. The molecule has 5 nitrogen and oxygen atoms in total. The van der Waals surface area contributed by atoms with E-state index in [1.807, 2.05) is 0 Å². The van der Waals surface area contributed by atoms with Crippen LogP contribution in [-0.4, -0.2) is 28.7 Å². The van der Waals surface area contributed by atoms with E-state index in [0.717, 1.165) is 23.5 Å². The minimum absolute atomic E-state index is 0.129. The zero-order valence-corrected chi connectivity index (χ0v) is 16.1. The van der Waals surface area contributed by atoms with Crippen molar-refractivity contribution in [2.45, 2.75) is 12.5 Å². The van der Waals surface area contributed by atoms with Gasteiger partial charge in [0.1, 0.15) is 9.49 Å². The molecule has 1 aromatic carbocycles. The minimum atomic E-state index is -0.943. The fourth-order valence-electron chi connectivity index (χ4n) is 2.52. The van der Waals surface area contributed by atoms with Crippen LogP contribution in [0.5, 0.6) is 0 Å². The molecule has 0 saturated heterocycles. The van der Waals surface area contributed by atoms with Crippen molar-refractivity contribution in [2.75, 3.05) is 6.54 Å². The van der Waals surface area contributed by atoms with Crippen molar-refractivity contribution < 1.29 is 13.6 Å². The third kappa shape index (κ3) is 4.47. The lowest BCUT2D eigenvalue weighted by Crippen LogP contribution is -2.41. The summed E-state index contributed by atoms with van der Waals surface area (Å²) in [6.07, 6.45) is 1.78. The van der Waals surface area contributed by atoms with Gasteiger partial charge in [-0.2, -0.15) is 5.10 Å². The van der Waals surface area contributed by atoms with Crippen LogP contribution in [0, 0.1) is 11.6 Å². The maximum absolute atomic E-state index is 13.4. The lowest BCUT2D eigenvalue weighted by atomic mass is 10.1. The van der Waals surface area contributed by atoms with Crippen LogP contribution in [0.15, 0.2) is 30.5 Å². The molecule has 2 heterocycles. The Morgan fingerprint density at radius 1 is 1.26 bits per heavy atom. The summed E-state index contributed by atoms with van der Waals surface area (Å²) in [6, 6.07) is 4.74. The van der Waals surface area contributed by atoms with E-state index in [1.165, 1.54) is 12.3 Å². The second kappa shape index (κ2) is 8.35. The van der Waals surface area contributed by atoms with Crippen LogP contribution in [0.3, 0.4) is 0 Å². The molecule has 0 unspecified atom stereocenters. The third-order valence-corrected chi connectivity index (χ3v) is 5.52. The first kappa shape index (κ1) is 19.8. The first-order valence-corrected chi connectivity index (χ1v) is 9.39. The van der Waals surface area contributed by atoms with Gasteiger partial charge in [0.2, 0.25) is 0 Å². The molecule has 0 saturated carbocycles. The molecular weight excluding hydrogens is 417 g/mol. The van der Waals surface area contributed by atoms with Crippen LogP contribution in [-0.2, 0) is 6.42 Å². The van der Waals surface area contributed by atoms with Gasteiger partial charge in [-0.1, -0.05) is 29.3 Å². The molecule has 3 aromatic rings. The predicted molar refractivity (Wildman–Crippen MR) is 102 cm³/mol. The lowest BCUT2D eigenvalue weighted by molar-refractivity contribution is 0.0942. The number of benzene rings is 1. The highest BCUT2D eigenvalue weighted by atomic mass is 35.5. The van der Waals surface area contributed by atoms with E-state index in [4.69, 9.17) is 28.9 Å². The van der Waals surface area contributed by atoms with Crippen molar-refractivity contribution in [3.63, 3.8) is 0 Å². The molecule has 0 radical (unpaired) electrons. The van der Waals surface area contributed by atoms with Crippen molar-refractivity contribution in [1.82, 2.24) is 15.5 Å². The maximum atomic E-state index is 13.4. The SMILES string of the molecule is NC[C@H](Cc1ccc(F)c(F)c1)NC(=O)c1cc(-c2cn[nH]c2Cl)c(Cl)s1. The number of amides is 1. The smallest absolute Gasteiger partial charge is 0.261 e. The minimum Gasteiger partial charge on any atom is -0.347 e. The second-order valence-electron chi connectivity index (χ2n) is 5.75. The number of carbonyl (C=O) groups is 1. The average molecular weight is 431 g/mol. The fraction of sp³-hybridized carbons (Fsp3) is 0.176. The van der Waals surface area contributed by atoms with Crippen molar-refractivity contribution >= 4 is 40.4 Å². The van der Waals surface area contributed by atoms with Gasteiger partial charge in [0, 0.05) is 23.7 Å². The number of hydrogen-bond donors (Lipinski definition) is 3. The molecule has 0 aliphatic carbocycles. The maximum Gasteiger partial charge on any atom is 0.261 e. The molecule has 4 N–H and O–H groups in total. The van der Waals surface area contributed by atoms with Crippen molar-refractivity contribution in [3.8, 4) is 11.1 Å². The number of halogens is 4. The van der Waals surface area contributed by atoms with E-state index < -0.39 is 17.7 Å². The van der Waals surface area contributed by atoms with Crippen LogP contribution < -0.4 is 11.1 Å². The van der Waals surface area contributed by atoms with E-state index in [9.17, 15) is 13.6 Å². The highest BCUT2D eigenvalue weighted by Crippen LogP contribution is 2.38. The van der Waals surface area contributed by atoms with Gasteiger partial charge >= 0.3 is 0 Å². The molecular formula is C17H14Cl2F2N4OS. The Bertz CT molecular complexity index is 976. The molecule has 0 aliphatic heterocycles. The summed E-state index contributed by atoms with van der Waals surface area (Å²) < 4.78 is 26.8. The largest absolute Gasteiger partial charge is 0.347 e. The lowest BCUT2D eigenvalue weighted by Gasteiger charge is -2.16. The van der Waals surface area contributed by atoms with Crippen LogP contribution in [0.4, 0.5) is 8.78 Å². The summed E-state index contributed by atoms with van der Waals surface area (Å²) in [4.78, 5) is 12.9.